The lowest BCUT2D eigenvalue weighted by atomic mass is 9.94. The van der Waals surface area contributed by atoms with Crippen molar-refractivity contribution in [2.45, 2.75) is 45.6 Å². The van der Waals surface area contributed by atoms with E-state index in [2.05, 4.69) is 54.1 Å². The van der Waals surface area contributed by atoms with Gasteiger partial charge in [-0.05, 0) is 47.7 Å². The number of anilines is 1. The molecule has 0 N–H and O–H groups in total. The summed E-state index contributed by atoms with van der Waals surface area (Å²) in [6, 6.07) is 14.8. The zero-order chi connectivity index (χ0) is 24.7. The predicted molar refractivity (Wildman–Crippen MR) is 145 cm³/mol. The van der Waals surface area contributed by atoms with E-state index in [1.165, 1.54) is 24.8 Å². The molecule has 1 aliphatic heterocycles. The number of imidazole rings is 1. The number of nitrogens with zero attached hydrogens (tertiary/aromatic N) is 6. The maximum Gasteiger partial charge on any atom is 0.177 e. The summed E-state index contributed by atoms with van der Waals surface area (Å²) in [5.41, 5.74) is 7.25. The quantitative estimate of drug-likeness (QED) is 0.293. The van der Waals surface area contributed by atoms with Gasteiger partial charge in [0.15, 0.2) is 5.65 Å². The number of unbranched alkanes of at least 4 members (excludes halogenated alkanes) is 1. The van der Waals surface area contributed by atoms with Gasteiger partial charge >= 0.3 is 0 Å². The normalized spacial score (nSPS) is 15.1. The molecule has 5 rings (SSSR count). The van der Waals surface area contributed by atoms with Gasteiger partial charge in [-0.15, -0.1) is 0 Å². The van der Waals surface area contributed by atoms with Gasteiger partial charge in [0.25, 0.3) is 0 Å². The van der Waals surface area contributed by atoms with Crippen molar-refractivity contribution < 1.29 is 4.74 Å². The van der Waals surface area contributed by atoms with Gasteiger partial charge in [0.1, 0.15) is 0 Å². The number of aromatic nitrogens is 4. The lowest BCUT2D eigenvalue weighted by Crippen LogP contribution is -2.36. The summed E-state index contributed by atoms with van der Waals surface area (Å²) in [6.07, 6.45) is 11.2. The Hall–Kier alpha value is -3.58. The highest BCUT2D eigenvalue weighted by molar-refractivity contribution is 5.80. The highest BCUT2D eigenvalue weighted by Crippen LogP contribution is 2.27. The first-order valence-electron chi connectivity index (χ1n) is 12.9. The molecule has 4 heterocycles. The second kappa shape index (κ2) is 11.4. The third-order valence-electron chi connectivity index (χ3n) is 6.75. The molecule has 186 valence electrons. The third-order valence-corrected chi connectivity index (χ3v) is 6.75. The molecule has 0 bridgehead atoms. The Balaban J connectivity index is 1.41. The molecule has 0 amide bonds. The molecule has 3 aromatic heterocycles. The number of ether oxygens (including phenoxy) is 1. The zero-order valence-electron chi connectivity index (χ0n) is 21.2. The number of hydrogen-bond acceptors (Lipinski definition) is 6. The van der Waals surface area contributed by atoms with Gasteiger partial charge in [-0.25, -0.2) is 9.50 Å². The highest BCUT2D eigenvalue weighted by Gasteiger charge is 2.18. The molecule has 1 saturated heterocycles. The standard InChI is InChI=1S/C29H34N6O/c1-3-4-6-22(2)25-8-5-7-23(17-25)19-31-20-26-18-28(34-13-15-36-16-14-34)29-32-27(21-35(29)33-26)24-9-11-30-12-10-24/h5,7-12,17-19,21-22H,3-4,6,13-16,20H2,1-2H3. The van der Waals surface area contributed by atoms with Crippen LogP contribution < -0.4 is 4.90 Å². The van der Waals surface area contributed by atoms with Crippen molar-refractivity contribution in [2.75, 3.05) is 31.2 Å². The summed E-state index contributed by atoms with van der Waals surface area (Å²) in [5, 5.41) is 4.85. The molecule has 36 heavy (non-hydrogen) atoms. The molecule has 7 heteroatoms. The van der Waals surface area contributed by atoms with Crippen LogP contribution >= 0.6 is 0 Å². The van der Waals surface area contributed by atoms with Crippen molar-refractivity contribution in [3.8, 4) is 11.3 Å². The van der Waals surface area contributed by atoms with Crippen molar-refractivity contribution in [3.63, 3.8) is 0 Å². The molecule has 0 saturated carbocycles. The number of rotatable bonds is 9. The van der Waals surface area contributed by atoms with E-state index in [1.54, 1.807) is 12.4 Å². The van der Waals surface area contributed by atoms with Crippen molar-refractivity contribution in [1.82, 2.24) is 19.6 Å². The van der Waals surface area contributed by atoms with Crippen LogP contribution in [0.3, 0.4) is 0 Å². The molecule has 1 fully saturated rings. The van der Waals surface area contributed by atoms with Crippen LogP contribution in [0.4, 0.5) is 5.69 Å². The molecule has 0 radical (unpaired) electrons. The first-order chi connectivity index (χ1) is 17.7. The van der Waals surface area contributed by atoms with Crippen LogP contribution in [0, 0.1) is 0 Å². The average molecular weight is 483 g/mol. The molecule has 1 aliphatic rings. The minimum atomic E-state index is 0.506. The number of benzene rings is 1. The summed E-state index contributed by atoms with van der Waals surface area (Å²) in [4.78, 5) is 16.1. The number of pyridine rings is 1. The average Bonchev–Trinajstić information content (AvgIpc) is 3.37. The molecule has 1 unspecified atom stereocenters. The van der Waals surface area contributed by atoms with E-state index in [0.717, 1.165) is 46.9 Å². The first kappa shape index (κ1) is 24.1. The summed E-state index contributed by atoms with van der Waals surface area (Å²) in [7, 11) is 0. The molecule has 0 aliphatic carbocycles. The van der Waals surface area contributed by atoms with Gasteiger partial charge in [-0.1, -0.05) is 44.9 Å². The number of aliphatic imine (C=N–C) groups is 1. The second-order valence-electron chi connectivity index (χ2n) is 9.43. The van der Waals surface area contributed by atoms with E-state index in [4.69, 9.17) is 19.8 Å². The zero-order valence-corrected chi connectivity index (χ0v) is 21.2. The van der Waals surface area contributed by atoms with Crippen molar-refractivity contribution in [2.24, 2.45) is 4.99 Å². The van der Waals surface area contributed by atoms with Crippen LogP contribution in [0.15, 0.2) is 66.0 Å². The lowest BCUT2D eigenvalue weighted by molar-refractivity contribution is 0.123. The maximum atomic E-state index is 5.58. The highest BCUT2D eigenvalue weighted by atomic mass is 16.5. The maximum absolute atomic E-state index is 5.58. The van der Waals surface area contributed by atoms with Gasteiger partial charge in [0.05, 0.1) is 43.0 Å². The van der Waals surface area contributed by atoms with Gasteiger partial charge in [0, 0.05) is 37.3 Å². The molecule has 1 atom stereocenters. The van der Waals surface area contributed by atoms with Crippen molar-refractivity contribution >= 4 is 17.5 Å². The number of morpholine rings is 1. The van der Waals surface area contributed by atoms with E-state index >= 15 is 0 Å². The Labute approximate surface area is 212 Å². The minimum Gasteiger partial charge on any atom is -0.378 e. The lowest BCUT2D eigenvalue weighted by Gasteiger charge is -2.29. The Morgan fingerprint density at radius 1 is 1.11 bits per heavy atom. The van der Waals surface area contributed by atoms with Crippen LogP contribution in [0.25, 0.3) is 16.9 Å². The van der Waals surface area contributed by atoms with Gasteiger partial charge in [-0.2, -0.15) is 5.10 Å². The van der Waals surface area contributed by atoms with Gasteiger partial charge < -0.3 is 9.64 Å². The summed E-state index contributed by atoms with van der Waals surface area (Å²) in [6.45, 7) is 8.16. The van der Waals surface area contributed by atoms with Crippen LogP contribution in [0.5, 0.6) is 0 Å². The third kappa shape index (κ3) is 5.62. The molecule has 1 aromatic carbocycles. The van der Waals surface area contributed by atoms with Crippen LogP contribution in [-0.4, -0.2) is 52.1 Å². The largest absolute Gasteiger partial charge is 0.378 e. The van der Waals surface area contributed by atoms with E-state index < -0.39 is 0 Å². The van der Waals surface area contributed by atoms with Crippen LogP contribution in [0.1, 0.15) is 55.8 Å². The molecular formula is C29H34N6O. The fourth-order valence-corrected chi connectivity index (χ4v) is 4.66. The molecule has 0 spiro atoms. The van der Waals surface area contributed by atoms with Crippen molar-refractivity contribution in [1.29, 1.82) is 0 Å². The molecule has 4 aromatic rings. The van der Waals surface area contributed by atoms with Crippen molar-refractivity contribution in [3.05, 3.63) is 77.9 Å². The minimum absolute atomic E-state index is 0.506. The van der Waals surface area contributed by atoms with E-state index in [-0.39, 0.29) is 0 Å². The van der Waals surface area contributed by atoms with E-state index in [1.807, 2.05) is 29.1 Å². The SMILES string of the molecule is CCCCC(C)c1cccc(C=NCc2cc(N3CCOCC3)c3nc(-c4ccncc4)cn3n2)c1. The number of hydrogen-bond donors (Lipinski definition) is 0. The van der Waals surface area contributed by atoms with Gasteiger partial charge in [-0.3, -0.25) is 9.98 Å². The first-order valence-corrected chi connectivity index (χ1v) is 12.9. The Kier molecular flexibility index (Phi) is 7.67. The van der Waals surface area contributed by atoms with Crippen LogP contribution in [-0.2, 0) is 11.3 Å². The monoisotopic (exact) mass is 482 g/mol. The topological polar surface area (TPSA) is 67.9 Å². The Morgan fingerprint density at radius 2 is 1.94 bits per heavy atom. The fraction of sp³-hybridized carbons (Fsp3) is 0.379. The summed E-state index contributed by atoms with van der Waals surface area (Å²) < 4.78 is 7.48. The summed E-state index contributed by atoms with van der Waals surface area (Å²) >= 11 is 0. The molecular weight excluding hydrogens is 448 g/mol. The number of fused-ring (bicyclic) bond motifs is 1. The Morgan fingerprint density at radius 3 is 2.75 bits per heavy atom. The fourth-order valence-electron chi connectivity index (χ4n) is 4.66. The van der Waals surface area contributed by atoms with E-state index in [9.17, 15) is 0 Å². The van der Waals surface area contributed by atoms with Gasteiger partial charge in [0.2, 0.25) is 0 Å². The second-order valence-corrected chi connectivity index (χ2v) is 9.43. The van der Waals surface area contributed by atoms with E-state index in [0.29, 0.717) is 25.7 Å². The Bertz CT molecular complexity index is 1310. The summed E-state index contributed by atoms with van der Waals surface area (Å²) in [5.74, 6) is 0.564. The molecule has 7 nitrogen and oxygen atoms in total. The smallest absolute Gasteiger partial charge is 0.177 e. The van der Waals surface area contributed by atoms with Crippen LogP contribution in [0.2, 0.25) is 0 Å². The predicted octanol–water partition coefficient (Wildman–Crippen LogP) is 5.54.